The molecule has 0 saturated carbocycles. The Balaban J connectivity index is 1.99. The van der Waals surface area contributed by atoms with Crippen molar-refractivity contribution in [2.75, 3.05) is 4.90 Å². The molecule has 0 aliphatic rings. The molecule has 5 heteroatoms. The fourth-order valence-corrected chi connectivity index (χ4v) is 4.27. The fourth-order valence-electron chi connectivity index (χ4n) is 4.27. The number of para-hydroxylation sites is 2. The van der Waals surface area contributed by atoms with Gasteiger partial charge in [-0.05, 0) is 106 Å². The van der Waals surface area contributed by atoms with Gasteiger partial charge in [0, 0.05) is 17.2 Å². The highest BCUT2D eigenvalue weighted by atomic mass is 16.5. The van der Waals surface area contributed by atoms with E-state index in [0.717, 1.165) is 39.3 Å². The molecule has 0 atom stereocenters. The van der Waals surface area contributed by atoms with Gasteiger partial charge in [-0.3, -0.25) is 0 Å². The molecule has 4 rings (SSSR count). The molecule has 0 aliphatic heterocycles. The minimum absolute atomic E-state index is 0.166. The van der Waals surface area contributed by atoms with Gasteiger partial charge in [0.25, 0.3) is 0 Å². The maximum absolute atomic E-state index is 10.7. The zero-order chi connectivity index (χ0) is 25.4. The molecule has 180 valence electrons. The SMILES string of the molecule is Cc1cc(O)c(C)c(N(c2ccccc2Oc2cc(O)c(C)cc2C)c2cc(C)cc(O)c2C)c1. The van der Waals surface area contributed by atoms with Crippen molar-refractivity contribution in [2.45, 2.75) is 41.5 Å². The molecule has 0 spiro atoms. The average Bonchev–Trinajstić information content (AvgIpc) is 2.79. The molecule has 0 aliphatic carbocycles. The molecule has 0 unspecified atom stereocenters. The normalized spacial score (nSPS) is 10.9. The number of benzene rings is 4. The van der Waals surface area contributed by atoms with Crippen LogP contribution in [0.25, 0.3) is 0 Å². The summed E-state index contributed by atoms with van der Waals surface area (Å²) < 4.78 is 6.37. The fraction of sp³-hybridized carbons (Fsp3) is 0.200. The molecular weight excluding hydrogens is 438 g/mol. The topological polar surface area (TPSA) is 73.2 Å². The molecule has 35 heavy (non-hydrogen) atoms. The second-order valence-electron chi connectivity index (χ2n) is 9.17. The van der Waals surface area contributed by atoms with Gasteiger partial charge in [0.2, 0.25) is 0 Å². The summed E-state index contributed by atoms with van der Waals surface area (Å²) >= 11 is 0. The summed E-state index contributed by atoms with van der Waals surface area (Å²) in [4.78, 5) is 2.00. The number of anilines is 3. The van der Waals surface area contributed by atoms with Crippen molar-refractivity contribution in [2.24, 2.45) is 0 Å². The minimum atomic E-state index is 0.166. The maximum Gasteiger partial charge on any atom is 0.151 e. The Morgan fingerprint density at radius 3 is 1.66 bits per heavy atom. The predicted molar refractivity (Wildman–Crippen MR) is 141 cm³/mol. The molecule has 0 heterocycles. The van der Waals surface area contributed by atoms with Gasteiger partial charge >= 0.3 is 0 Å². The third kappa shape index (κ3) is 4.62. The van der Waals surface area contributed by atoms with Gasteiger partial charge in [-0.25, -0.2) is 0 Å². The number of hydrogen-bond donors (Lipinski definition) is 3. The Morgan fingerprint density at radius 2 is 1.09 bits per heavy atom. The summed E-state index contributed by atoms with van der Waals surface area (Å²) in [5.41, 5.74) is 7.17. The lowest BCUT2D eigenvalue weighted by Gasteiger charge is -2.31. The van der Waals surface area contributed by atoms with Crippen LogP contribution in [0.15, 0.2) is 60.7 Å². The van der Waals surface area contributed by atoms with E-state index in [1.807, 2.05) is 88.9 Å². The first kappa shape index (κ1) is 24.0. The minimum Gasteiger partial charge on any atom is -0.508 e. The van der Waals surface area contributed by atoms with Crippen LogP contribution in [0, 0.1) is 41.5 Å². The van der Waals surface area contributed by atoms with Gasteiger partial charge in [-0.2, -0.15) is 0 Å². The number of ether oxygens (including phenoxy) is 1. The third-order valence-electron chi connectivity index (χ3n) is 6.30. The molecular formula is C30H31NO4. The van der Waals surface area contributed by atoms with Crippen LogP contribution in [0.2, 0.25) is 0 Å². The summed E-state index contributed by atoms with van der Waals surface area (Å²) in [5, 5.41) is 31.6. The largest absolute Gasteiger partial charge is 0.508 e. The number of nitrogens with zero attached hydrogens (tertiary/aromatic N) is 1. The number of hydrogen-bond acceptors (Lipinski definition) is 5. The number of aromatic hydroxyl groups is 3. The van der Waals surface area contributed by atoms with Gasteiger partial charge in [0.05, 0.1) is 17.1 Å². The summed E-state index contributed by atoms with van der Waals surface area (Å²) in [5.74, 6) is 1.67. The van der Waals surface area contributed by atoms with Crippen molar-refractivity contribution in [1.29, 1.82) is 0 Å². The Morgan fingerprint density at radius 1 is 0.543 bits per heavy atom. The van der Waals surface area contributed by atoms with Crippen LogP contribution in [0.1, 0.15) is 33.4 Å². The molecule has 0 fully saturated rings. The van der Waals surface area contributed by atoms with E-state index < -0.39 is 0 Å². The predicted octanol–water partition coefficient (Wildman–Crippen LogP) is 7.92. The second-order valence-corrected chi connectivity index (χ2v) is 9.17. The van der Waals surface area contributed by atoms with Crippen LogP contribution >= 0.6 is 0 Å². The van der Waals surface area contributed by atoms with Crippen molar-refractivity contribution in [3.8, 4) is 28.7 Å². The molecule has 3 N–H and O–H groups in total. The maximum atomic E-state index is 10.7. The van der Waals surface area contributed by atoms with Gasteiger partial charge in [0.15, 0.2) is 5.75 Å². The van der Waals surface area contributed by atoms with Crippen LogP contribution in [0.3, 0.4) is 0 Å². The van der Waals surface area contributed by atoms with Crippen molar-refractivity contribution in [3.05, 3.63) is 94.0 Å². The van der Waals surface area contributed by atoms with Crippen molar-refractivity contribution in [1.82, 2.24) is 0 Å². The lowest BCUT2D eigenvalue weighted by Crippen LogP contribution is -2.14. The van der Waals surface area contributed by atoms with E-state index in [2.05, 4.69) is 0 Å². The van der Waals surface area contributed by atoms with E-state index in [0.29, 0.717) is 22.6 Å². The van der Waals surface area contributed by atoms with Crippen LogP contribution < -0.4 is 9.64 Å². The first-order chi connectivity index (χ1) is 16.6. The number of phenolic OH excluding ortho intramolecular Hbond substituents is 3. The van der Waals surface area contributed by atoms with Crippen LogP contribution in [0.4, 0.5) is 17.1 Å². The van der Waals surface area contributed by atoms with Gasteiger partial charge in [-0.15, -0.1) is 0 Å². The number of rotatable bonds is 5. The lowest BCUT2D eigenvalue weighted by atomic mass is 10.0. The van der Waals surface area contributed by atoms with E-state index in [9.17, 15) is 15.3 Å². The Hall–Kier alpha value is -4.12. The molecule has 4 aromatic rings. The van der Waals surface area contributed by atoms with E-state index in [4.69, 9.17) is 4.74 Å². The van der Waals surface area contributed by atoms with Crippen molar-refractivity contribution in [3.63, 3.8) is 0 Å². The average molecular weight is 470 g/mol. The zero-order valence-corrected chi connectivity index (χ0v) is 21.0. The monoisotopic (exact) mass is 469 g/mol. The highest BCUT2D eigenvalue weighted by Gasteiger charge is 2.23. The molecule has 0 aromatic heterocycles. The molecule has 0 amide bonds. The van der Waals surface area contributed by atoms with Crippen molar-refractivity contribution >= 4 is 17.1 Å². The van der Waals surface area contributed by atoms with E-state index in [-0.39, 0.29) is 17.2 Å². The van der Waals surface area contributed by atoms with Crippen LogP contribution in [0.5, 0.6) is 28.7 Å². The molecule has 4 aromatic carbocycles. The second kappa shape index (κ2) is 9.26. The van der Waals surface area contributed by atoms with E-state index in [1.54, 1.807) is 18.2 Å². The molecule has 0 saturated heterocycles. The van der Waals surface area contributed by atoms with Crippen LogP contribution in [-0.4, -0.2) is 15.3 Å². The van der Waals surface area contributed by atoms with Crippen LogP contribution in [-0.2, 0) is 0 Å². The quantitative estimate of drug-likeness (QED) is 0.277. The summed E-state index contributed by atoms with van der Waals surface area (Å²) in [7, 11) is 0. The number of aryl methyl sites for hydroxylation is 4. The van der Waals surface area contributed by atoms with Gasteiger partial charge < -0.3 is 25.0 Å². The lowest BCUT2D eigenvalue weighted by molar-refractivity contribution is 0.450. The third-order valence-corrected chi connectivity index (χ3v) is 6.30. The highest BCUT2D eigenvalue weighted by Crippen LogP contribution is 2.47. The molecule has 5 nitrogen and oxygen atoms in total. The Labute approximate surface area is 206 Å². The van der Waals surface area contributed by atoms with E-state index >= 15 is 0 Å². The smallest absolute Gasteiger partial charge is 0.151 e. The van der Waals surface area contributed by atoms with E-state index in [1.165, 1.54) is 0 Å². The number of phenols is 3. The zero-order valence-electron chi connectivity index (χ0n) is 21.0. The Kier molecular flexibility index (Phi) is 6.35. The summed E-state index contributed by atoms with van der Waals surface area (Å²) in [6.45, 7) is 11.4. The van der Waals surface area contributed by atoms with Gasteiger partial charge in [0.1, 0.15) is 23.0 Å². The summed E-state index contributed by atoms with van der Waals surface area (Å²) in [6, 6.07) is 18.6. The summed E-state index contributed by atoms with van der Waals surface area (Å²) in [6.07, 6.45) is 0. The van der Waals surface area contributed by atoms with Gasteiger partial charge in [-0.1, -0.05) is 12.1 Å². The Bertz CT molecular complexity index is 1370. The standard InChI is InChI=1S/C30H31NO4/c1-17-11-24(21(5)27(33)13-17)31(25-12-18(2)14-28(34)22(25)6)23-9-7-8-10-29(23)35-30-16-26(32)19(3)15-20(30)4/h7-16,32-34H,1-6H3. The molecule has 0 bridgehead atoms. The highest BCUT2D eigenvalue weighted by molar-refractivity contribution is 5.85. The van der Waals surface area contributed by atoms with Crippen molar-refractivity contribution < 1.29 is 20.1 Å². The molecule has 0 radical (unpaired) electrons. The first-order valence-corrected chi connectivity index (χ1v) is 11.5. The first-order valence-electron chi connectivity index (χ1n) is 11.5.